The number of halogens is 3. The van der Waals surface area contributed by atoms with Crippen molar-refractivity contribution in [3.63, 3.8) is 0 Å². The van der Waals surface area contributed by atoms with Crippen LogP contribution in [0.2, 0.25) is 0 Å². The van der Waals surface area contributed by atoms with E-state index in [1.165, 1.54) is 19.1 Å². The Kier molecular flexibility index (Phi) is 5.76. The van der Waals surface area contributed by atoms with Crippen LogP contribution >= 0.6 is 11.6 Å². The van der Waals surface area contributed by atoms with E-state index in [1.807, 2.05) is 0 Å². The fraction of sp³-hybridized carbons (Fsp3) is 0.0769. The molecule has 0 radical (unpaired) electrons. The molecule has 1 aromatic rings. The zero-order valence-electron chi connectivity index (χ0n) is 10.8. The van der Waals surface area contributed by atoms with E-state index in [0.29, 0.717) is 6.07 Å². The predicted molar refractivity (Wildman–Crippen MR) is 74.1 cm³/mol. The average Bonchev–Trinajstić information content (AvgIpc) is 2.46. The van der Waals surface area contributed by atoms with Crippen molar-refractivity contribution in [2.75, 3.05) is 0 Å². The van der Waals surface area contributed by atoms with E-state index in [2.05, 4.69) is 6.58 Å². The number of nitriles is 1. The summed E-state index contributed by atoms with van der Waals surface area (Å²) in [6.45, 7) is 4.87. The van der Waals surface area contributed by atoms with Gasteiger partial charge >= 0.3 is 0 Å². The van der Waals surface area contributed by atoms with Crippen molar-refractivity contribution in [2.45, 2.75) is 11.8 Å². The molecule has 1 rings (SSSR count). The quantitative estimate of drug-likeness (QED) is 0.616. The van der Waals surface area contributed by atoms with Gasteiger partial charge in [0.15, 0.2) is 22.6 Å². The molecule has 0 amide bonds. The molecule has 8 heteroatoms. The summed E-state index contributed by atoms with van der Waals surface area (Å²) >= 11 is 5.35. The third-order valence-electron chi connectivity index (χ3n) is 2.38. The number of allylic oxidation sites excluding steroid dienone is 2. The maximum absolute atomic E-state index is 13.4. The Bertz CT molecular complexity index is 698. The van der Waals surface area contributed by atoms with Crippen molar-refractivity contribution < 1.29 is 17.8 Å². The van der Waals surface area contributed by atoms with Crippen molar-refractivity contribution in [1.82, 2.24) is 4.31 Å². The van der Waals surface area contributed by atoms with Gasteiger partial charge in [-0.05, 0) is 30.7 Å². The van der Waals surface area contributed by atoms with Crippen LogP contribution in [0.5, 0.6) is 0 Å². The van der Waals surface area contributed by atoms with Crippen molar-refractivity contribution in [2.24, 2.45) is 0 Å². The van der Waals surface area contributed by atoms with Gasteiger partial charge in [0.1, 0.15) is 11.8 Å². The minimum absolute atomic E-state index is 0.145. The molecule has 1 unspecified atom stereocenters. The molecule has 0 heterocycles. The van der Waals surface area contributed by atoms with Gasteiger partial charge in [0.2, 0.25) is 0 Å². The highest BCUT2D eigenvalue weighted by Crippen LogP contribution is 2.22. The number of hydrogen-bond acceptors (Lipinski definition) is 3. The van der Waals surface area contributed by atoms with Gasteiger partial charge in [0, 0.05) is 6.20 Å². The molecule has 4 nitrogen and oxygen atoms in total. The standard InChI is InChI=1S/C13H9ClF2N2O2S/c1-3-11(13(14)19)18(4-2)21(20)9-5-8(7-17)12(16)10(15)6-9/h3-6H,2H2,1H3/b11-3-. The number of hydrogen-bond donors (Lipinski definition) is 0. The van der Waals surface area contributed by atoms with Crippen LogP contribution in [0.25, 0.3) is 0 Å². The van der Waals surface area contributed by atoms with E-state index in [4.69, 9.17) is 16.9 Å². The van der Waals surface area contributed by atoms with Crippen molar-refractivity contribution in [1.29, 1.82) is 5.26 Å². The van der Waals surface area contributed by atoms with E-state index in [1.54, 1.807) is 0 Å². The molecule has 0 aliphatic heterocycles. The predicted octanol–water partition coefficient (Wildman–Crippen LogP) is 2.97. The first-order valence-corrected chi connectivity index (χ1v) is 6.94. The van der Waals surface area contributed by atoms with Gasteiger partial charge in [-0.2, -0.15) is 5.26 Å². The monoisotopic (exact) mass is 330 g/mol. The summed E-state index contributed by atoms with van der Waals surface area (Å²) < 4.78 is 39.9. The second kappa shape index (κ2) is 7.11. The molecule has 0 aromatic heterocycles. The molecule has 110 valence electrons. The minimum Gasteiger partial charge on any atom is -0.274 e. The third-order valence-corrected chi connectivity index (χ3v) is 3.92. The Balaban J connectivity index is 3.37. The van der Waals surface area contributed by atoms with Crippen LogP contribution in [0, 0.1) is 23.0 Å². The summed E-state index contributed by atoms with van der Waals surface area (Å²) in [6, 6.07) is 3.06. The summed E-state index contributed by atoms with van der Waals surface area (Å²) in [5.74, 6) is -2.65. The molecule has 0 spiro atoms. The molecular formula is C13H9ClF2N2O2S. The first kappa shape index (κ1) is 17.0. The van der Waals surface area contributed by atoms with Crippen molar-refractivity contribution in [3.8, 4) is 6.07 Å². The second-order valence-electron chi connectivity index (χ2n) is 3.58. The van der Waals surface area contributed by atoms with E-state index in [9.17, 15) is 17.8 Å². The normalized spacial score (nSPS) is 12.4. The SMILES string of the molecule is C=CN(/C(=C\C)C(=O)Cl)S(=O)c1cc(F)c(F)c(C#N)c1. The molecule has 0 N–H and O–H groups in total. The molecule has 0 bridgehead atoms. The zero-order chi connectivity index (χ0) is 16.2. The highest BCUT2D eigenvalue weighted by molar-refractivity contribution is 7.83. The summed E-state index contributed by atoms with van der Waals surface area (Å²) in [5.41, 5.74) is -0.741. The highest BCUT2D eigenvalue weighted by Gasteiger charge is 2.22. The first-order valence-electron chi connectivity index (χ1n) is 5.46. The van der Waals surface area contributed by atoms with Crippen LogP contribution < -0.4 is 0 Å². The lowest BCUT2D eigenvalue weighted by molar-refractivity contribution is -0.109. The van der Waals surface area contributed by atoms with Gasteiger partial charge in [-0.25, -0.2) is 13.0 Å². The van der Waals surface area contributed by atoms with E-state index in [0.717, 1.165) is 16.6 Å². The van der Waals surface area contributed by atoms with Gasteiger partial charge in [-0.1, -0.05) is 12.7 Å². The maximum Gasteiger partial charge on any atom is 0.269 e. The highest BCUT2D eigenvalue weighted by atomic mass is 35.5. The van der Waals surface area contributed by atoms with Crippen LogP contribution in [0.3, 0.4) is 0 Å². The summed E-state index contributed by atoms with van der Waals surface area (Å²) in [7, 11) is -2.12. The Morgan fingerprint density at radius 1 is 1.52 bits per heavy atom. The number of carbonyl (C=O) groups is 1. The molecular weight excluding hydrogens is 322 g/mol. The number of benzene rings is 1. The maximum atomic E-state index is 13.4. The van der Waals surface area contributed by atoms with Crippen LogP contribution in [-0.2, 0) is 15.8 Å². The smallest absolute Gasteiger partial charge is 0.269 e. The zero-order valence-corrected chi connectivity index (χ0v) is 12.3. The lowest BCUT2D eigenvalue weighted by atomic mass is 10.2. The minimum atomic E-state index is -2.12. The number of carbonyl (C=O) groups excluding carboxylic acids is 1. The van der Waals surface area contributed by atoms with Crippen LogP contribution in [0.15, 0.2) is 41.6 Å². The second-order valence-corrected chi connectivity index (χ2v) is 5.29. The molecule has 0 aliphatic rings. The molecule has 1 atom stereocenters. The lowest BCUT2D eigenvalue weighted by Crippen LogP contribution is -2.23. The van der Waals surface area contributed by atoms with Crippen LogP contribution in [0.1, 0.15) is 12.5 Å². The van der Waals surface area contributed by atoms with Gasteiger partial charge < -0.3 is 0 Å². The summed E-state index contributed by atoms with van der Waals surface area (Å²) in [6.07, 6.45) is 2.35. The van der Waals surface area contributed by atoms with Gasteiger partial charge in [0.25, 0.3) is 5.24 Å². The summed E-state index contributed by atoms with van der Waals surface area (Å²) in [5, 5.41) is 7.82. The molecule has 21 heavy (non-hydrogen) atoms. The fourth-order valence-corrected chi connectivity index (χ4v) is 2.85. The van der Waals surface area contributed by atoms with Crippen molar-refractivity contribution in [3.05, 3.63) is 53.9 Å². The number of rotatable bonds is 5. The van der Waals surface area contributed by atoms with Crippen LogP contribution in [0.4, 0.5) is 8.78 Å². The van der Waals surface area contributed by atoms with Gasteiger partial charge in [-0.15, -0.1) is 0 Å². The topological polar surface area (TPSA) is 61.2 Å². The number of nitrogens with zero attached hydrogens (tertiary/aromatic N) is 2. The Labute approximate surface area is 127 Å². The Morgan fingerprint density at radius 3 is 2.57 bits per heavy atom. The van der Waals surface area contributed by atoms with Crippen LogP contribution in [-0.4, -0.2) is 13.8 Å². The summed E-state index contributed by atoms with van der Waals surface area (Å²) in [4.78, 5) is 11.0. The molecule has 0 aliphatic carbocycles. The molecule has 0 saturated heterocycles. The average molecular weight is 331 g/mol. The lowest BCUT2D eigenvalue weighted by Gasteiger charge is -2.19. The largest absolute Gasteiger partial charge is 0.274 e. The van der Waals surface area contributed by atoms with E-state index < -0.39 is 33.4 Å². The van der Waals surface area contributed by atoms with Crippen molar-refractivity contribution >= 4 is 27.8 Å². The molecule has 1 aromatic carbocycles. The van der Waals surface area contributed by atoms with E-state index in [-0.39, 0.29) is 10.6 Å². The Hall–Kier alpha value is -2.04. The van der Waals surface area contributed by atoms with E-state index >= 15 is 0 Å². The third kappa shape index (κ3) is 3.54. The molecule has 0 saturated carbocycles. The first-order chi connectivity index (χ1) is 9.87. The van der Waals surface area contributed by atoms with Gasteiger partial charge in [-0.3, -0.25) is 9.10 Å². The van der Waals surface area contributed by atoms with Gasteiger partial charge in [0.05, 0.1) is 10.5 Å². The Morgan fingerprint density at radius 2 is 2.14 bits per heavy atom. The molecule has 0 fully saturated rings. The fourth-order valence-electron chi connectivity index (χ4n) is 1.44.